The number of ether oxygens (including phenoxy) is 1. The maximum atomic E-state index is 12.9. The van der Waals surface area contributed by atoms with E-state index in [1.54, 1.807) is 4.90 Å². The second kappa shape index (κ2) is 10.1. The minimum atomic E-state index is -1.97. The summed E-state index contributed by atoms with van der Waals surface area (Å²) < 4.78 is 28.5. The van der Waals surface area contributed by atoms with Gasteiger partial charge in [-0.15, -0.1) is 0 Å². The Bertz CT molecular complexity index is 772. The first kappa shape index (κ1) is 25.9. The first-order valence-corrected chi connectivity index (χ1v) is 14.8. The van der Waals surface area contributed by atoms with Crippen LogP contribution in [0.3, 0.4) is 0 Å². The van der Waals surface area contributed by atoms with Gasteiger partial charge in [-0.3, -0.25) is 4.90 Å². The number of hydrogen-bond donors (Lipinski definition) is 0. The summed E-state index contributed by atoms with van der Waals surface area (Å²) in [6.07, 6.45) is 0.163. The fraction of sp³-hybridized carbons (Fsp3) is 0.652. The zero-order chi connectivity index (χ0) is 23.4. The lowest BCUT2D eigenvalue weighted by Crippen LogP contribution is -2.46. The van der Waals surface area contributed by atoms with Crippen molar-refractivity contribution >= 4 is 31.5 Å². The van der Waals surface area contributed by atoms with Crippen molar-refractivity contribution in [3.63, 3.8) is 0 Å². The Balaban J connectivity index is 2.13. The summed E-state index contributed by atoms with van der Waals surface area (Å²) >= 11 is -1.36. The quantitative estimate of drug-likeness (QED) is 0.420. The van der Waals surface area contributed by atoms with Crippen molar-refractivity contribution in [2.24, 2.45) is 4.40 Å². The number of nitrogens with zero attached hydrogens (tertiary/aromatic N) is 2. The standard InChI is InChI=1S/C23H38N2O4SSi/c1-22(2,3)30(27)24-19-14-20(17-29-31(7,8)23(4,5)6)25(15-19)21(26)28-16-18-12-10-9-11-13-18/h9-13,20H,14-17H2,1-8H3/b24-19-. The van der Waals surface area contributed by atoms with E-state index in [9.17, 15) is 9.35 Å². The minimum absolute atomic E-state index is 0.0783. The van der Waals surface area contributed by atoms with Crippen molar-refractivity contribution in [3.8, 4) is 0 Å². The third-order valence-electron chi connectivity index (χ3n) is 5.88. The van der Waals surface area contributed by atoms with Crippen LogP contribution < -0.4 is 0 Å². The molecule has 0 spiro atoms. The molecule has 1 amide bonds. The molecule has 0 N–H and O–H groups in total. The zero-order valence-electron chi connectivity index (χ0n) is 20.2. The minimum Gasteiger partial charge on any atom is -0.591 e. The lowest BCUT2D eigenvalue weighted by atomic mass is 10.2. The maximum Gasteiger partial charge on any atom is 0.410 e. The highest BCUT2D eigenvalue weighted by atomic mass is 32.2. The molecule has 0 bridgehead atoms. The smallest absolute Gasteiger partial charge is 0.410 e. The van der Waals surface area contributed by atoms with E-state index in [0.29, 0.717) is 19.6 Å². The molecule has 6 nitrogen and oxygen atoms in total. The molecule has 1 aliphatic rings. The molecular formula is C23H38N2O4SSi. The fourth-order valence-electron chi connectivity index (χ4n) is 2.78. The lowest BCUT2D eigenvalue weighted by molar-refractivity contribution is 0.0812. The van der Waals surface area contributed by atoms with E-state index < -0.39 is 24.4 Å². The number of hydrogen-bond acceptors (Lipinski definition) is 5. The first-order valence-electron chi connectivity index (χ1n) is 10.8. The maximum absolute atomic E-state index is 12.9. The summed E-state index contributed by atoms with van der Waals surface area (Å²) in [4.78, 5) is 14.6. The van der Waals surface area contributed by atoms with E-state index >= 15 is 0 Å². The first-order chi connectivity index (χ1) is 14.2. The molecule has 1 heterocycles. The van der Waals surface area contributed by atoms with Crippen molar-refractivity contribution in [2.45, 2.75) is 83.5 Å². The summed E-state index contributed by atoms with van der Waals surface area (Å²) in [6, 6.07) is 9.44. The van der Waals surface area contributed by atoms with Gasteiger partial charge in [-0.2, -0.15) is 0 Å². The van der Waals surface area contributed by atoms with Crippen LogP contribution in [0.2, 0.25) is 18.1 Å². The number of rotatable bonds is 6. The molecule has 1 aromatic rings. The summed E-state index contributed by atoms with van der Waals surface area (Å²) in [5.41, 5.74) is 1.69. The summed E-state index contributed by atoms with van der Waals surface area (Å²) in [5.74, 6) is 0. The number of carbonyl (C=O) groups is 1. The highest BCUT2D eigenvalue weighted by molar-refractivity contribution is 7.91. The van der Waals surface area contributed by atoms with E-state index in [-0.39, 0.29) is 23.8 Å². The molecule has 0 saturated carbocycles. The van der Waals surface area contributed by atoms with Gasteiger partial charge in [0.25, 0.3) is 0 Å². The molecule has 1 aliphatic heterocycles. The molecule has 1 saturated heterocycles. The molecule has 0 aromatic heterocycles. The largest absolute Gasteiger partial charge is 0.591 e. The zero-order valence-corrected chi connectivity index (χ0v) is 22.0. The van der Waals surface area contributed by atoms with Crippen molar-refractivity contribution < 1.29 is 18.5 Å². The Morgan fingerprint density at radius 1 is 1.19 bits per heavy atom. The second-order valence-electron chi connectivity index (χ2n) is 10.6. The molecule has 2 rings (SSSR count). The van der Waals surface area contributed by atoms with Crippen LogP contribution in [0.15, 0.2) is 34.7 Å². The SMILES string of the molecule is CC(C)(C)[S+]([O-])/N=C1/CC(CO[Si](C)(C)C(C)(C)C)N(C(=O)OCc2ccccc2)C1. The summed E-state index contributed by atoms with van der Waals surface area (Å²) in [7, 11) is -1.97. The van der Waals surface area contributed by atoms with Gasteiger partial charge in [-0.25, -0.2) is 4.79 Å². The second-order valence-corrected chi connectivity index (χ2v) is 17.3. The fourth-order valence-corrected chi connectivity index (χ4v) is 4.46. The Hall–Kier alpha value is -1.35. The Morgan fingerprint density at radius 3 is 2.35 bits per heavy atom. The van der Waals surface area contributed by atoms with Gasteiger partial charge in [0, 0.05) is 6.42 Å². The van der Waals surface area contributed by atoms with Crippen LogP contribution in [0.4, 0.5) is 4.79 Å². The highest BCUT2D eigenvalue weighted by Crippen LogP contribution is 2.37. The molecule has 8 heteroatoms. The summed E-state index contributed by atoms with van der Waals surface area (Å²) in [6.45, 7) is 17.6. The molecular weight excluding hydrogens is 428 g/mol. The average molecular weight is 467 g/mol. The topological polar surface area (TPSA) is 74.2 Å². The highest BCUT2D eigenvalue weighted by Gasteiger charge is 2.41. The lowest BCUT2D eigenvalue weighted by Gasteiger charge is -2.37. The third-order valence-corrected chi connectivity index (χ3v) is 11.9. The van der Waals surface area contributed by atoms with Crippen molar-refractivity contribution in [2.75, 3.05) is 13.2 Å². The van der Waals surface area contributed by atoms with Crippen LogP contribution in [0.1, 0.15) is 53.5 Å². The molecule has 1 aromatic carbocycles. The average Bonchev–Trinajstić information content (AvgIpc) is 3.06. The van der Waals surface area contributed by atoms with Crippen LogP contribution >= 0.6 is 0 Å². The van der Waals surface area contributed by atoms with E-state index in [0.717, 1.165) is 11.3 Å². The molecule has 0 radical (unpaired) electrons. The van der Waals surface area contributed by atoms with Crippen LogP contribution in [0.5, 0.6) is 0 Å². The van der Waals surface area contributed by atoms with Crippen LogP contribution in [0, 0.1) is 0 Å². The van der Waals surface area contributed by atoms with Crippen LogP contribution in [0.25, 0.3) is 0 Å². The number of likely N-dealkylation sites (tertiary alicyclic amines) is 1. The third kappa shape index (κ3) is 7.34. The normalized spacial score (nSPS) is 20.2. The van der Waals surface area contributed by atoms with E-state index in [1.165, 1.54) is 0 Å². The van der Waals surface area contributed by atoms with Gasteiger partial charge in [0.15, 0.2) is 8.32 Å². The molecule has 2 unspecified atom stereocenters. The Labute approximate surface area is 191 Å². The Kier molecular flexibility index (Phi) is 8.41. The van der Waals surface area contributed by atoms with Crippen molar-refractivity contribution in [1.82, 2.24) is 4.90 Å². The monoisotopic (exact) mass is 466 g/mol. The van der Waals surface area contributed by atoms with E-state index in [4.69, 9.17) is 9.16 Å². The van der Waals surface area contributed by atoms with Gasteiger partial charge >= 0.3 is 6.09 Å². The number of benzene rings is 1. The van der Waals surface area contributed by atoms with Crippen LogP contribution in [-0.2, 0) is 27.1 Å². The van der Waals surface area contributed by atoms with Gasteiger partial charge in [-0.05, 0) is 44.5 Å². The Morgan fingerprint density at radius 2 is 1.81 bits per heavy atom. The molecule has 31 heavy (non-hydrogen) atoms. The van der Waals surface area contributed by atoms with Gasteiger partial charge in [0.1, 0.15) is 22.7 Å². The molecule has 174 valence electrons. The van der Waals surface area contributed by atoms with Crippen LogP contribution in [-0.4, -0.2) is 53.5 Å². The van der Waals surface area contributed by atoms with E-state index in [2.05, 4.69) is 38.3 Å². The number of carbonyl (C=O) groups excluding carboxylic acids is 1. The van der Waals surface area contributed by atoms with Gasteiger partial charge < -0.3 is 13.7 Å². The van der Waals surface area contributed by atoms with Gasteiger partial charge in [-0.1, -0.05) is 55.5 Å². The van der Waals surface area contributed by atoms with Gasteiger partial charge in [0.2, 0.25) is 0 Å². The van der Waals surface area contributed by atoms with E-state index in [1.807, 2.05) is 51.1 Å². The number of amides is 1. The van der Waals surface area contributed by atoms with Crippen molar-refractivity contribution in [3.05, 3.63) is 35.9 Å². The molecule has 0 aliphatic carbocycles. The summed E-state index contributed by atoms with van der Waals surface area (Å²) in [5, 5.41) is 0.0783. The predicted molar refractivity (Wildman–Crippen MR) is 130 cm³/mol. The van der Waals surface area contributed by atoms with Crippen molar-refractivity contribution in [1.29, 1.82) is 0 Å². The van der Waals surface area contributed by atoms with Gasteiger partial charge in [0.05, 0.1) is 24.9 Å². The molecule has 1 fully saturated rings. The molecule has 2 atom stereocenters. The predicted octanol–water partition coefficient (Wildman–Crippen LogP) is 5.32.